The van der Waals surface area contributed by atoms with E-state index in [1.807, 2.05) is 32.0 Å². The number of ketones is 1. The quantitative estimate of drug-likeness (QED) is 0.730. The molecule has 1 aromatic rings. The molecule has 1 aliphatic carbocycles. The molecule has 1 aromatic carbocycles. The zero-order valence-electron chi connectivity index (χ0n) is 15.5. The molecule has 1 aliphatic heterocycles. The zero-order valence-corrected chi connectivity index (χ0v) is 15.5. The number of Topliss-reactive ketones (excluding diaryl/α,β-unsaturated/α-hetero) is 1. The summed E-state index contributed by atoms with van der Waals surface area (Å²) in [6, 6.07) is 10.1. The Morgan fingerprint density at radius 3 is 2.52 bits per heavy atom. The van der Waals surface area contributed by atoms with Gasteiger partial charge in [0.2, 0.25) is 11.8 Å². The van der Waals surface area contributed by atoms with Gasteiger partial charge in [-0.05, 0) is 37.7 Å². The summed E-state index contributed by atoms with van der Waals surface area (Å²) in [5, 5.41) is 10.9. The summed E-state index contributed by atoms with van der Waals surface area (Å²) in [5.74, 6) is -3.81. The van der Waals surface area contributed by atoms with Crippen molar-refractivity contribution in [2.24, 2.45) is 11.8 Å². The van der Waals surface area contributed by atoms with Crippen LogP contribution in [0.25, 0.3) is 0 Å². The van der Waals surface area contributed by atoms with Crippen molar-refractivity contribution in [1.29, 1.82) is 0 Å². The number of aliphatic carboxylic acids is 1. The first-order valence-electron chi connectivity index (χ1n) is 9.09. The van der Waals surface area contributed by atoms with Crippen LogP contribution in [0.3, 0.4) is 0 Å². The van der Waals surface area contributed by atoms with Crippen LogP contribution in [-0.2, 0) is 19.2 Å². The maximum absolute atomic E-state index is 12.9. The van der Waals surface area contributed by atoms with Crippen LogP contribution >= 0.6 is 0 Å². The third-order valence-electron chi connectivity index (χ3n) is 5.42. The Balaban J connectivity index is 1.71. The van der Waals surface area contributed by atoms with Gasteiger partial charge in [-0.25, -0.2) is 0 Å². The first kappa shape index (κ1) is 19.1. The van der Waals surface area contributed by atoms with E-state index in [4.69, 9.17) is 5.11 Å². The second-order valence-electron chi connectivity index (χ2n) is 7.96. The van der Waals surface area contributed by atoms with Crippen LogP contribution in [0.5, 0.6) is 0 Å². The third-order valence-corrected chi connectivity index (χ3v) is 5.42. The highest BCUT2D eigenvalue weighted by molar-refractivity contribution is 6.20. The average molecular weight is 372 g/mol. The number of likely N-dealkylation sites (tertiary alicyclic amines) is 1. The van der Waals surface area contributed by atoms with E-state index in [-0.39, 0.29) is 6.42 Å². The van der Waals surface area contributed by atoms with Crippen molar-refractivity contribution in [2.75, 3.05) is 13.1 Å². The number of hydrogen-bond donors (Lipinski definition) is 2. The standard InChI is InChI=1S/C20H24N2O5/c1-20(2)9-15(23)17(18(26)21-10-16(24)25)19(27)22(20)11-13-8-14(13)12-6-4-3-5-7-12/h3-7,13-14,17H,8-11H2,1-2H3,(H,21,26)(H,24,25)/t13-,14-,17?/m1/s1. The summed E-state index contributed by atoms with van der Waals surface area (Å²) >= 11 is 0. The van der Waals surface area contributed by atoms with E-state index >= 15 is 0 Å². The molecule has 7 nitrogen and oxygen atoms in total. The molecule has 144 valence electrons. The smallest absolute Gasteiger partial charge is 0.322 e. The van der Waals surface area contributed by atoms with Gasteiger partial charge in [0.15, 0.2) is 11.7 Å². The van der Waals surface area contributed by atoms with Crippen LogP contribution in [0, 0.1) is 11.8 Å². The van der Waals surface area contributed by atoms with E-state index in [1.54, 1.807) is 4.90 Å². The van der Waals surface area contributed by atoms with E-state index < -0.39 is 41.6 Å². The SMILES string of the molecule is CC1(C)CC(=O)C(C(=O)NCC(=O)O)C(=O)N1C[C@H]1C[C@@H]1c1ccccc1. The fraction of sp³-hybridized carbons (Fsp3) is 0.500. The molecule has 3 rings (SSSR count). The monoisotopic (exact) mass is 372 g/mol. The Kier molecular flexibility index (Phi) is 5.04. The number of carbonyl (C=O) groups excluding carboxylic acids is 3. The first-order chi connectivity index (χ1) is 12.7. The number of carbonyl (C=O) groups is 4. The maximum atomic E-state index is 12.9. The van der Waals surface area contributed by atoms with Crippen molar-refractivity contribution in [3.8, 4) is 0 Å². The van der Waals surface area contributed by atoms with Gasteiger partial charge in [-0.3, -0.25) is 19.2 Å². The molecule has 3 atom stereocenters. The summed E-state index contributed by atoms with van der Waals surface area (Å²) in [6.07, 6.45) is 1.04. The lowest BCUT2D eigenvalue weighted by Gasteiger charge is -2.44. The van der Waals surface area contributed by atoms with Crippen LogP contribution in [0.2, 0.25) is 0 Å². The molecule has 2 aliphatic rings. The summed E-state index contributed by atoms with van der Waals surface area (Å²) in [6.45, 7) is 3.53. The minimum absolute atomic E-state index is 0.0760. The molecule has 0 aromatic heterocycles. The van der Waals surface area contributed by atoms with E-state index in [1.165, 1.54) is 5.56 Å². The van der Waals surface area contributed by atoms with Gasteiger partial charge in [0.05, 0.1) is 0 Å². The Morgan fingerprint density at radius 1 is 1.22 bits per heavy atom. The van der Waals surface area contributed by atoms with E-state index in [0.29, 0.717) is 18.4 Å². The van der Waals surface area contributed by atoms with Gasteiger partial charge in [0, 0.05) is 18.5 Å². The lowest BCUT2D eigenvalue weighted by Crippen LogP contribution is -2.61. The zero-order chi connectivity index (χ0) is 19.8. The minimum atomic E-state index is -1.45. The number of benzene rings is 1. The Morgan fingerprint density at radius 2 is 1.89 bits per heavy atom. The van der Waals surface area contributed by atoms with Crippen LogP contribution < -0.4 is 5.32 Å². The molecule has 0 radical (unpaired) electrons. The average Bonchev–Trinajstić information content (AvgIpc) is 3.36. The van der Waals surface area contributed by atoms with Crippen molar-refractivity contribution in [1.82, 2.24) is 10.2 Å². The Bertz CT molecular complexity index is 774. The number of amides is 2. The van der Waals surface area contributed by atoms with Gasteiger partial charge >= 0.3 is 5.97 Å². The van der Waals surface area contributed by atoms with Gasteiger partial charge in [0.1, 0.15) is 6.54 Å². The highest BCUT2D eigenvalue weighted by Gasteiger charge is 2.51. The predicted octanol–water partition coefficient (Wildman–Crippen LogP) is 1.19. The molecular weight excluding hydrogens is 348 g/mol. The third kappa shape index (κ3) is 4.02. The molecule has 2 N–H and O–H groups in total. The summed E-state index contributed by atoms with van der Waals surface area (Å²) in [5.41, 5.74) is 0.568. The fourth-order valence-electron chi connectivity index (χ4n) is 3.87. The number of nitrogens with one attached hydrogen (secondary N) is 1. The van der Waals surface area contributed by atoms with Crippen molar-refractivity contribution >= 4 is 23.6 Å². The molecule has 7 heteroatoms. The molecular formula is C20H24N2O5. The Hall–Kier alpha value is -2.70. The molecule has 1 saturated carbocycles. The van der Waals surface area contributed by atoms with Crippen LogP contribution in [-0.4, -0.2) is 52.2 Å². The van der Waals surface area contributed by atoms with Gasteiger partial charge < -0.3 is 15.3 Å². The van der Waals surface area contributed by atoms with Crippen molar-refractivity contribution in [3.63, 3.8) is 0 Å². The number of hydrogen-bond acceptors (Lipinski definition) is 4. The molecule has 2 fully saturated rings. The topological polar surface area (TPSA) is 104 Å². The lowest BCUT2D eigenvalue weighted by molar-refractivity contribution is -0.158. The number of carboxylic acids is 1. The lowest BCUT2D eigenvalue weighted by atomic mass is 9.82. The van der Waals surface area contributed by atoms with Crippen molar-refractivity contribution in [3.05, 3.63) is 35.9 Å². The van der Waals surface area contributed by atoms with Crippen LogP contribution in [0.15, 0.2) is 30.3 Å². The molecule has 0 bridgehead atoms. The van der Waals surface area contributed by atoms with Crippen molar-refractivity contribution in [2.45, 2.75) is 38.1 Å². The van der Waals surface area contributed by atoms with E-state index in [9.17, 15) is 19.2 Å². The minimum Gasteiger partial charge on any atom is -0.480 e. The van der Waals surface area contributed by atoms with Gasteiger partial charge in [-0.2, -0.15) is 0 Å². The fourth-order valence-corrected chi connectivity index (χ4v) is 3.87. The number of carboxylic acid groups (broad SMARTS) is 1. The van der Waals surface area contributed by atoms with Gasteiger partial charge in [-0.1, -0.05) is 30.3 Å². The van der Waals surface area contributed by atoms with Gasteiger partial charge in [-0.15, -0.1) is 0 Å². The molecule has 2 amide bonds. The molecule has 27 heavy (non-hydrogen) atoms. The largest absolute Gasteiger partial charge is 0.480 e. The van der Waals surface area contributed by atoms with Crippen molar-refractivity contribution < 1.29 is 24.3 Å². The normalized spacial score (nSPS) is 26.6. The van der Waals surface area contributed by atoms with Crippen LogP contribution in [0.4, 0.5) is 0 Å². The highest BCUT2D eigenvalue weighted by Crippen LogP contribution is 2.49. The first-order valence-corrected chi connectivity index (χ1v) is 9.09. The highest BCUT2D eigenvalue weighted by atomic mass is 16.4. The predicted molar refractivity (Wildman–Crippen MR) is 96.8 cm³/mol. The maximum Gasteiger partial charge on any atom is 0.322 e. The summed E-state index contributed by atoms with van der Waals surface area (Å²) < 4.78 is 0. The molecule has 0 spiro atoms. The molecule has 1 saturated heterocycles. The van der Waals surface area contributed by atoms with Crippen LogP contribution in [0.1, 0.15) is 38.2 Å². The molecule has 1 unspecified atom stereocenters. The summed E-state index contributed by atoms with van der Waals surface area (Å²) in [4.78, 5) is 49.8. The number of piperidine rings is 1. The summed E-state index contributed by atoms with van der Waals surface area (Å²) in [7, 11) is 0. The Labute approximate surface area is 157 Å². The van der Waals surface area contributed by atoms with E-state index in [2.05, 4.69) is 17.4 Å². The number of nitrogens with zero attached hydrogens (tertiary/aromatic N) is 1. The number of rotatable bonds is 6. The second kappa shape index (κ2) is 7.13. The van der Waals surface area contributed by atoms with E-state index in [0.717, 1.165) is 6.42 Å². The second-order valence-corrected chi connectivity index (χ2v) is 7.96. The molecule has 1 heterocycles. The van der Waals surface area contributed by atoms with Gasteiger partial charge in [0.25, 0.3) is 0 Å².